The van der Waals surface area contributed by atoms with Gasteiger partial charge < -0.3 is 20.1 Å². The third-order valence-electron chi connectivity index (χ3n) is 5.76. The Morgan fingerprint density at radius 2 is 1.86 bits per heavy atom. The van der Waals surface area contributed by atoms with Gasteiger partial charge in [-0.2, -0.15) is 0 Å². The van der Waals surface area contributed by atoms with Crippen LogP contribution in [0.15, 0.2) is 40.9 Å². The fraction of sp³-hybridized carbons (Fsp3) is 0.476. The molecular weight excluding hydrogens is 356 g/mol. The highest BCUT2D eigenvalue weighted by molar-refractivity contribution is 5.94. The zero-order chi connectivity index (χ0) is 19.8. The molecule has 2 amide bonds. The van der Waals surface area contributed by atoms with Crippen LogP contribution >= 0.6 is 0 Å². The summed E-state index contributed by atoms with van der Waals surface area (Å²) >= 11 is 0. The average molecular weight is 382 g/mol. The molecule has 0 unspecified atom stereocenters. The van der Waals surface area contributed by atoms with Crippen LogP contribution in [0.5, 0.6) is 0 Å². The van der Waals surface area contributed by atoms with Crippen molar-refractivity contribution in [3.63, 3.8) is 0 Å². The second-order valence-corrected chi connectivity index (χ2v) is 8.52. The van der Waals surface area contributed by atoms with Crippen molar-refractivity contribution in [2.75, 3.05) is 26.2 Å². The normalized spacial score (nSPS) is 21.2. The Balaban J connectivity index is 1.43. The van der Waals surface area contributed by atoms with Crippen molar-refractivity contribution in [1.82, 2.24) is 20.7 Å². The molecule has 1 aromatic carbocycles. The number of aromatic nitrogens is 1. The summed E-state index contributed by atoms with van der Waals surface area (Å²) in [5.74, 6) is 0.456. The minimum atomic E-state index is -0.594. The van der Waals surface area contributed by atoms with Crippen LogP contribution in [-0.2, 0) is 4.79 Å². The first kappa shape index (κ1) is 18.7. The summed E-state index contributed by atoms with van der Waals surface area (Å²) in [6.45, 7) is 6.70. The highest BCUT2D eigenvalue weighted by Gasteiger charge is 2.45. The van der Waals surface area contributed by atoms with E-state index in [0.29, 0.717) is 43.9 Å². The molecule has 0 radical (unpaired) electrons. The van der Waals surface area contributed by atoms with Crippen LogP contribution in [-0.4, -0.2) is 53.6 Å². The van der Waals surface area contributed by atoms with Gasteiger partial charge in [-0.1, -0.05) is 49.3 Å². The average Bonchev–Trinajstić information content (AvgIpc) is 3.18. The van der Waals surface area contributed by atoms with E-state index in [9.17, 15) is 9.59 Å². The number of amides is 2. The predicted molar refractivity (Wildman–Crippen MR) is 105 cm³/mol. The standard InChI is InChI=1S/C21H26N4O3/c1-20(2)13-22-19(27)21(23-14-20)8-10-25(11-9-21)18(26)16-12-17(28-24-16)15-6-4-3-5-7-15/h3-7,12,23H,8-11,13-14H2,1-2H3,(H,22,27). The molecule has 148 valence electrons. The summed E-state index contributed by atoms with van der Waals surface area (Å²) in [5, 5.41) is 10.5. The van der Waals surface area contributed by atoms with Gasteiger partial charge in [0.1, 0.15) is 5.54 Å². The largest absolute Gasteiger partial charge is 0.355 e. The number of rotatable bonds is 2. The Hall–Kier alpha value is -2.67. The number of piperidine rings is 1. The van der Waals surface area contributed by atoms with Gasteiger partial charge in [-0.3, -0.25) is 9.59 Å². The summed E-state index contributed by atoms with van der Waals surface area (Å²) in [6.07, 6.45) is 1.17. The first-order valence-electron chi connectivity index (χ1n) is 9.73. The molecule has 2 aliphatic rings. The molecule has 2 N–H and O–H groups in total. The number of hydrogen-bond donors (Lipinski definition) is 2. The van der Waals surface area contributed by atoms with Gasteiger partial charge >= 0.3 is 0 Å². The molecule has 2 saturated heterocycles. The van der Waals surface area contributed by atoms with E-state index in [0.717, 1.165) is 12.1 Å². The van der Waals surface area contributed by atoms with Crippen molar-refractivity contribution in [2.45, 2.75) is 32.2 Å². The Labute approximate surface area is 164 Å². The fourth-order valence-electron chi connectivity index (χ4n) is 3.81. The molecule has 0 aliphatic carbocycles. The third kappa shape index (κ3) is 3.54. The van der Waals surface area contributed by atoms with Gasteiger partial charge in [0.15, 0.2) is 11.5 Å². The minimum absolute atomic E-state index is 0.0145. The Kier molecular flexibility index (Phi) is 4.71. The number of likely N-dealkylation sites (tertiary alicyclic amines) is 1. The van der Waals surface area contributed by atoms with E-state index in [1.807, 2.05) is 30.3 Å². The van der Waals surface area contributed by atoms with Crippen LogP contribution in [0.2, 0.25) is 0 Å². The van der Waals surface area contributed by atoms with Gasteiger partial charge in [0, 0.05) is 37.8 Å². The maximum absolute atomic E-state index is 12.9. The number of benzene rings is 1. The molecule has 7 heteroatoms. The number of carbonyl (C=O) groups excluding carboxylic acids is 2. The van der Waals surface area contributed by atoms with E-state index in [2.05, 4.69) is 29.6 Å². The summed E-state index contributed by atoms with van der Waals surface area (Å²) in [7, 11) is 0. The smallest absolute Gasteiger partial charge is 0.276 e. The molecule has 2 fully saturated rings. The van der Waals surface area contributed by atoms with E-state index in [4.69, 9.17) is 4.52 Å². The van der Waals surface area contributed by atoms with Gasteiger partial charge in [0.05, 0.1) is 0 Å². The second kappa shape index (κ2) is 7.05. The monoisotopic (exact) mass is 382 g/mol. The summed E-state index contributed by atoms with van der Waals surface area (Å²) < 4.78 is 5.35. The van der Waals surface area contributed by atoms with Gasteiger partial charge in [0.25, 0.3) is 5.91 Å². The number of carbonyl (C=O) groups is 2. The van der Waals surface area contributed by atoms with E-state index >= 15 is 0 Å². The predicted octanol–water partition coefficient (Wildman–Crippen LogP) is 2.06. The maximum atomic E-state index is 12.9. The van der Waals surface area contributed by atoms with Crippen LogP contribution in [0.1, 0.15) is 37.2 Å². The summed E-state index contributed by atoms with van der Waals surface area (Å²) in [5.41, 5.74) is 0.604. The lowest BCUT2D eigenvalue weighted by Crippen LogP contribution is -2.61. The van der Waals surface area contributed by atoms with Crippen molar-refractivity contribution < 1.29 is 14.1 Å². The van der Waals surface area contributed by atoms with Crippen LogP contribution in [0.25, 0.3) is 11.3 Å². The van der Waals surface area contributed by atoms with Crippen molar-refractivity contribution in [2.24, 2.45) is 5.41 Å². The summed E-state index contributed by atoms with van der Waals surface area (Å²) in [4.78, 5) is 27.3. The molecule has 0 saturated carbocycles. The van der Waals surface area contributed by atoms with E-state index in [1.165, 1.54) is 0 Å². The van der Waals surface area contributed by atoms with Gasteiger partial charge in [-0.25, -0.2) is 0 Å². The molecule has 7 nitrogen and oxygen atoms in total. The van der Waals surface area contributed by atoms with Crippen molar-refractivity contribution in [3.8, 4) is 11.3 Å². The first-order valence-corrected chi connectivity index (χ1v) is 9.73. The maximum Gasteiger partial charge on any atom is 0.276 e. The lowest BCUT2D eigenvalue weighted by atomic mass is 9.86. The lowest BCUT2D eigenvalue weighted by Gasteiger charge is -2.40. The van der Waals surface area contributed by atoms with E-state index in [1.54, 1.807) is 11.0 Å². The van der Waals surface area contributed by atoms with Crippen LogP contribution < -0.4 is 10.6 Å². The highest BCUT2D eigenvalue weighted by atomic mass is 16.5. The minimum Gasteiger partial charge on any atom is -0.355 e. The lowest BCUT2D eigenvalue weighted by molar-refractivity contribution is -0.128. The van der Waals surface area contributed by atoms with Crippen molar-refractivity contribution in [1.29, 1.82) is 0 Å². The third-order valence-corrected chi connectivity index (χ3v) is 5.76. The SMILES string of the molecule is CC1(C)CNC(=O)C2(CCN(C(=O)c3cc(-c4ccccc4)on3)CC2)NC1. The highest BCUT2D eigenvalue weighted by Crippen LogP contribution is 2.28. The van der Waals surface area contributed by atoms with Crippen molar-refractivity contribution in [3.05, 3.63) is 42.1 Å². The van der Waals surface area contributed by atoms with Gasteiger partial charge in [0.2, 0.25) is 5.91 Å². The molecule has 4 rings (SSSR count). The topological polar surface area (TPSA) is 87.5 Å². The fourth-order valence-corrected chi connectivity index (χ4v) is 3.81. The number of nitrogens with zero attached hydrogens (tertiary/aromatic N) is 2. The van der Waals surface area contributed by atoms with Gasteiger partial charge in [-0.15, -0.1) is 0 Å². The molecule has 0 bridgehead atoms. The summed E-state index contributed by atoms with van der Waals surface area (Å²) in [6, 6.07) is 11.3. The quantitative estimate of drug-likeness (QED) is 0.830. The van der Waals surface area contributed by atoms with Crippen LogP contribution in [0.4, 0.5) is 0 Å². The Morgan fingerprint density at radius 1 is 1.14 bits per heavy atom. The molecule has 1 aromatic heterocycles. The second-order valence-electron chi connectivity index (χ2n) is 8.52. The zero-order valence-electron chi connectivity index (χ0n) is 16.3. The van der Waals surface area contributed by atoms with Crippen LogP contribution in [0.3, 0.4) is 0 Å². The number of hydrogen-bond acceptors (Lipinski definition) is 5. The van der Waals surface area contributed by atoms with E-state index < -0.39 is 5.54 Å². The molecule has 3 heterocycles. The Morgan fingerprint density at radius 3 is 2.57 bits per heavy atom. The van der Waals surface area contributed by atoms with Gasteiger partial charge in [-0.05, 0) is 18.3 Å². The van der Waals surface area contributed by atoms with E-state index in [-0.39, 0.29) is 17.2 Å². The molecule has 1 spiro atoms. The zero-order valence-corrected chi connectivity index (χ0v) is 16.3. The van der Waals surface area contributed by atoms with Crippen molar-refractivity contribution >= 4 is 11.8 Å². The molecule has 2 aromatic rings. The first-order chi connectivity index (χ1) is 13.4. The molecule has 2 aliphatic heterocycles. The Bertz CT molecular complexity index is 867. The number of nitrogens with one attached hydrogen (secondary N) is 2. The molecule has 0 atom stereocenters. The van der Waals surface area contributed by atoms with Crippen LogP contribution in [0, 0.1) is 5.41 Å². The molecule has 28 heavy (non-hydrogen) atoms. The molecular formula is C21H26N4O3.